The fraction of sp³-hybridized carbons (Fsp3) is 0.467. The van der Waals surface area contributed by atoms with Crippen molar-refractivity contribution in [2.75, 3.05) is 31.2 Å². The lowest BCUT2D eigenvalue weighted by atomic mass is 10.1. The summed E-state index contributed by atoms with van der Waals surface area (Å²) in [7, 11) is 0. The minimum atomic E-state index is -0.362. The van der Waals surface area contributed by atoms with Gasteiger partial charge in [-0.15, -0.1) is 0 Å². The lowest BCUT2D eigenvalue weighted by molar-refractivity contribution is 0.0518. The van der Waals surface area contributed by atoms with E-state index in [1.807, 2.05) is 18.3 Å². The number of aliphatic hydroxyl groups is 1. The topological polar surface area (TPSA) is 67.1 Å². The molecular weight excluding hydrogens is 270 g/mol. The van der Waals surface area contributed by atoms with Crippen molar-refractivity contribution in [3.8, 4) is 0 Å². The molecule has 1 N–H and O–H groups in total. The van der Waals surface area contributed by atoms with E-state index in [4.69, 9.17) is 4.74 Å². The molecule has 3 rings (SSSR count). The average Bonchev–Trinajstić information content (AvgIpc) is 3.13. The van der Waals surface area contributed by atoms with Crippen molar-refractivity contribution in [3.05, 3.63) is 30.2 Å². The van der Waals surface area contributed by atoms with Crippen LogP contribution in [0.4, 0.5) is 5.69 Å². The summed E-state index contributed by atoms with van der Waals surface area (Å²) in [5.41, 5.74) is 2.23. The Balaban J connectivity index is 1.87. The van der Waals surface area contributed by atoms with Crippen molar-refractivity contribution in [2.45, 2.75) is 13.3 Å². The smallest absolute Gasteiger partial charge is 0.356 e. The van der Waals surface area contributed by atoms with Gasteiger partial charge in [0.05, 0.1) is 12.8 Å². The van der Waals surface area contributed by atoms with Crippen molar-refractivity contribution < 1.29 is 14.6 Å². The van der Waals surface area contributed by atoms with E-state index >= 15 is 0 Å². The third-order valence-electron chi connectivity index (χ3n) is 3.89. The number of fused-ring (bicyclic) bond motifs is 1. The van der Waals surface area contributed by atoms with Gasteiger partial charge in [0.1, 0.15) is 5.65 Å². The molecule has 1 fully saturated rings. The second-order valence-corrected chi connectivity index (χ2v) is 5.26. The molecule has 1 saturated heterocycles. The Morgan fingerprint density at radius 1 is 1.57 bits per heavy atom. The minimum Gasteiger partial charge on any atom is -0.461 e. The van der Waals surface area contributed by atoms with Crippen LogP contribution in [0, 0.1) is 5.92 Å². The summed E-state index contributed by atoms with van der Waals surface area (Å²) >= 11 is 0. The van der Waals surface area contributed by atoms with Crippen LogP contribution in [-0.2, 0) is 4.74 Å². The molecule has 6 nitrogen and oxygen atoms in total. The standard InChI is InChI=1S/C15H19N3O3/c1-2-21-15(20)13-8-16-14-7-12(4-6-18(13)14)17-5-3-11(9-17)10-19/h4,6-8,11,19H,2-3,5,9-10H2,1H3/t11-/m1/s1. The molecule has 2 aromatic rings. The number of aromatic nitrogens is 2. The van der Waals surface area contributed by atoms with Gasteiger partial charge in [-0.05, 0) is 19.4 Å². The summed E-state index contributed by atoms with van der Waals surface area (Å²) in [5.74, 6) is -0.0182. The normalized spacial score (nSPS) is 18.4. The fourth-order valence-corrected chi connectivity index (χ4v) is 2.74. The summed E-state index contributed by atoms with van der Waals surface area (Å²) in [5, 5.41) is 9.22. The van der Waals surface area contributed by atoms with Gasteiger partial charge in [0.2, 0.25) is 0 Å². The van der Waals surface area contributed by atoms with Crippen molar-refractivity contribution in [2.24, 2.45) is 5.92 Å². The molecule has 2 aromatic heterocycles. The number of aliphatic hydroxyl groups excluding tert-OH is 1. The number of carbonyl (C=O) groups is 1. The van der Waals surface area contributed by atoms with Gasteiger partial charge in [-0.2, -0.15) is 0 Å². The van der Waals surface area contributed by atoms with E-state index in [1.54, 1.807) is 11.3 Å². The number of nitrogens with zero attached hydrogens (tertiary/aromatic N) is 3. The molecule has 112 valence electrons. The zero-order valence-corrected chi connectivity index (χ0v) is 12.0. The molecule has 0 bridgehead atoms. The van der Waals surface area contributed by atoms with Gasteiger partial charge in [-0.25, -0.2) is 9.78 Å². The summed E-state index contributed by atoms with van der Waals surface area (Å²) in [6.45, 7) is 4.16. The van der Waals surface area contributed by atoms with E-state index in [9.17, 15) is 9.90 Å². The summed E-state index contributed by atoms with van der Waals surface area (Å²) in [6, 6.07) is 3.93. The molecule has 1 atom stereocenters. The maximum absolute atomic E-state index is 11.8. The van der Waals surface area contributed by atoms with E-state index in [0.717, 1.165) is 30.8 Å². The number of ether oxygens (including phenoxy) is 1. The second-order valence-electron chi connectivity index (χ2n) is 5.26. The van der Waals surface area contributed by atoms with Gasteiger partial charge in [0.25, 0.3) is 0 Å². The highest BCUT2D eigenvalue weighted by atomic mass is 16.5. The third kappa shape index (κ3) is 2.58. The predicted molar refractivity (Wildman–Crippen MR) is 78.6 cm³/mol. The van der Waals surface area contributed by atoms with Crippen molar-refractivity contribution in [1.29, 1.82) is 0 Å². The first-order valence-electron chi connectivity index (χ1n) is 7.23. The van der Waals surface area contributed by atoms with Crippen LogP contribution in [0.5, 0.6) is 0 Å². The maximum Gasteiger partial charge on any atom is 0.356 e. The van der Waals surface area contributed by atoms with Crippen LogP contribution < -0.4 is 4.90 Å². The Bertz CT molecular complexity index is 653. The lowest BCUT2D eigenvalue weighted by Crippen LogP contribution is -2.20. The molecule has 0 aromatic carbocycles. The minimum absolute atomic E-state index is 0.231. The number of hydrogen-bond acceptors (Lipinski definition) is 5. The molecular formula is C15H19N3O3. The molecule has 6 heteroatoms. The van der Waals surface area contributed by atoms with Crippen LogP contribution in [0.2, 0.25) is 0 Å². The molecule has 1 aliphatic rings. The molecule has 0 radical (unpaired) electrons. The Morgan fingerprint density at radius 2 is 2.43 bits per heavy atom. The quantitative estimate of drug-likeness (QED) is 0.860. The van der Waals surface area contributed by atoms with Gasteiger partial charge in [-0.1, -0.05) is 0 Å². The van der Waals surface area contributed by atoms with Crippen molar-refractivity contribution in [1.82, 2.24) is 9.38 Å². The van der Waals surface area contributed by atoms with E-state index < -0.39 is 0 Å². The molecule has 0 aliphatic carbocycles. The zero-order valence-electron chi connectivity index (χ0n) is 12.0. The van der Waals surface area contributed by atoms with Crippen molar-refractivity contribution >= 4 is 17.3 Å². The van der Waals surface area contributed by atoms with Crippen LogP contribution in [0.15, 0.2) is 24.5 Å². The molecule has 0 unspecified atom stereocenters. The summed E-state index contributed by atoms with van der Waals surface area (Å²) < 4.78 is 6.75. The number of imidazole rings is 1. The number of hydrogen-bond donors (Lipinski definition) is 1. The number of esters is 1. The average molecular weight is 289 g/mol. The van der Waals surface area contributed by atoms with Gasteiger partial charge in [0.15, 0.2) is 5.69 Å². The van der Waals surface area contributed by atoms with Crippen LogP contribution in [0.1, 0.15) is 23.8 Å². The summed E-state index contributed by atoms with van der Waals surface area (Å²) in [4.78, 5) is 18.3. The van der Waals surface area contributed by atoms with E-state index in [0.29, 0.717) is 18.2 Å². The number of pyridine rings is 1. The van der Waals surface area contributed by atoms with E-state index in [1.165, 1.54) is 6.20 Å². The van der Waals surface area contributed by atoms with Gasteiger partial charge >= 0.3 is 5.97 Å². The first kappa shape index (κ1) is 13.9. The second kappa shape index (κ2) is 5.73. The van der Waals surface area contributed by atoms with Gasteiger partial charge < -0.3 is 14.7 Å². The Kier molecular flexibility index (Phi) is 3.79. The molecule has 0 spiro atoms. The molecule has 1 aliphatic heterocycles. The highest BCUT2D eigenvalue weighted by Gasteiger charge is 2.22. The first-order valence-corrected chi connectivity index (χ1v) is 7.23. The van der Waals surface area contributed by atoms with Crippen molar-refractivity contribution in [3.63, 3.8) is 0 Å². The summed E-state index contributed by atoms with van der Waals surface area (Å²) in [6.07, 6.45) is 4.39. The van der Waals surface area contributed by atoms with Gasteiger partial charge in [-0.3, -0.25) is 4.40 Å². The number of rotatable bonds is 4. The maximum atomic E-state index is 11.8. The monoisotopic (exact) mass is 289 g/mol. The predicted octanol–water partition coefficient (Wildman–Crippen LogP) is 1.33. The Labute approximate surface area is 123 Å². The Hall–Kier alpha value is -2.08. The molecule has 0 amide bonds. The molecule has 21 heavy (non-hydrogen) atoms. The largest absolute Gasteiger partial charge is 0.461 e. The first-order chi connectivity index (χ1) is 10.2. The molecule has 0 saturated carbocycles. The number of carbonyl (C=O) groups excluding carboxylic acids is 1. The van der Waals surface area contributed by atoms with E-state index in [2.05, 4.69) is 9.88 Å². The highest BCUT2D eigenvalue weighted by Crippen LogP contribution is 2.24. The van der Waals surface area contributed by atoms with Crippen LogP contribution >= 0.6 is 0 Å². The third-order valence-corrected chi connectivity index (χ3v) is 3.89. The van der Waals surface area contributed by atoms with Crippen LogP contribution in [-0.4, -0.2) is 46.8 Å². The number of anilines is 1. The SMILES string of the molecule is CCOC(=O)c1cnc2cc(N3CC[C@@H](CO)C3)ccn12. The van der Waals surface area contributed by atoms with Crippen LogP contribution in [0.3, 0.4) is 0 Å². The van der Waals surface area contributed by atoms with E-state index in [-0.39, 0.29) is 12.6 Å². The highest BCUT2D eigenvalue weighted by molar-refractivity contribution is 5.88. The Morgan fingerprint density at radius 3 is 3.14 bits per heavy atom. The zero-order chi connectivity index (χ0) is 14.8. The fourth-order valence-electron chi connectivity index (χ4n) is 2.74. The van der Waals surface area contributed by atoms with Crippen LogP contribution in [0.25, 0.3) is 5.65 Å². The lowest BCUT2D eigenvalue weighted by Gasteiger charge is -2.18. The van der Waals surface area contributed by atoms with Gasteiger partial charge in [0, 0.05) is 43.6 Å². The molecule has 3 heterocycles.